The molecule has 0 unspecified atom stereocenters. The highest BCUT2D eigenvalue weighted by Gasteiger charge is 1.95. The molecule has 2 aromatic rings. The molecule has 16 heavy (non-hydrogen) atoms. The molecule has 1 N–H and O–H groups in total. The summed E-state index contributed by atoms with van der Waals surface area (Å²) in [6.07, 6.45) is 1.85. The van der Waals surface area contributed by atoms with E-state index in [4.69, 9.17) is 0 Å². The monoisotopic (exact) mass is 209 g/mol. The summed E-state index contributed by atoms with van der Waals surface area (Å²) < 4.78 is 0. The molecule has 0 bridgehead atoms. The van der Waals surface area contributed by atoms with Crippen molar-refractivity contribution in [1.82, 2.24) is 0 Å². The van der Waals surface area contributed by atoms with E-state index in [1.165, 1.54) is 11.1 Å². The van der Waals surface area contributed by atoms with Gasteiger partial charge in [-0.25, -0.2) is 0 Å². The SMILES string of the molecule is C=CCNc1ccc(-c2ccccc2)cc1. The predicted octanol–water partition coefficient (Wildman–Crippen LogP) is 3.95. The number of benzene rings is 2. The molecule has 0 saturated heterocycles. The van der Waals surface area contributed by atoms with Gasteiger partial charge in [0.05, 0.1) is 0 Å². The van der Waals surface area contributed by atoms with Gasteiger partial charge >= 0.3 is 0 Å². The zero-order valence-corrected chi connectivity index (χ0v) is 9.19. The quantitative estimate of drug-likeness (QED) is 0.752. The minimum Gasteiger partial charge on any atom is -0.382 e. The first kappa shape index (κ1) is 10.5. The van der Waals surface area contributed by atoms with Gasteiger partial charge in [-0.3, -0.25) is 0 Å². The van der Waals surface area contributed by atoms with Crippen molar-refractivity contribution in [3.8, 4) is 11.1 Å². The second kappa shape index (κ2) is 5.17. The molecule has 0 aliphatic carbocycles. The molecular formula is C15H15N. The van der Waals surface area contributed by atoms with E-state index in [1.807, 2.05) is 12.1 Å². The van der Waals surface area contributed by atoms with E-state index in [0.717, 1.165) is 12.2 Å². The van der Waals surface area contributed by atoms with Crippen LogP contribution in [0.2, 0.25) is 0 Å². The van der Waals surface area contributed by atoms with Gasteiger partial charge < -0.3 is 5.32 Å². The minimum absolute atomic E-state index is 0.796. The van der Waals surface area contributed by atoms with Crippen molar-refractivity contribution >= 4 is 5.69 Å². The van der Waals surface area contributed by atoms with Crippen LogP contribution in [0.4, 0.5) is 5.69 Å². The smallest absolute Gasteiger partial charge is 0.0343 e. The van der Waals surface area contributed by atoms with Gasteiger partial charge in [-0.15, -0.1) is 6.58 Å². The Labute approximate surface area is 96.4 Å². The standard InChI is InChI=1S/C15H15N/c1-2-12-16-15-10-8-14(9-11-15)13-6-4-3-5-7-13/h2-11,16H,1,12H2. The molecule has 0 spiro atoms. The summed E-state index contributed by atoms with van der Waals surface area (Å²) in [5, 5.41) is 3.25. The summed E-state index contributed by atoms with van der Waals surface area (Å²) in [5.74, 6) is 0. The maximum Gasteiger partial charge on any atom is 0.0343 e. The van der Waals surface area contributed by atoms with Gasteiger partial charge in [0.15, 0.2) is 0 Å². The van der Waals surface area contributed by atoms with Crippen LogP contribution in [0.25, 0.3) is 11.1 Å². The lowest BCUT2D eigenvalue weighted by Gasteiger charge is -2.05. The van der Waals surface area contributed by atoms with E-state index in [9.17, 15) is 0 Å². The van der Waals surface area contributed by atoms with Crippen LogP contribution < -0.4 is 5.32 Å². The first-order valence-corrected chi connectivity index (χ1v) is 5.40. The lowest BCUT2D eigenvalue weighted by molar-refractivity contribution is 1.34. The Kier molecular flexibility index (Phi) is 3.39. The van der Waals surface area contributed by atoms with Gasteiger partial charge in [0.1, 0.15) is 0 Å². The number of hydrogen-bond acceptors (Lipinski definition) is 1. The fraction of sp³-hybridized carbons (Fsp3) is 0.0667. The van der Waals surface area contributed by atoms with Gasteiger partial charge in [0.2, 0.25) is 0 Å². The molecule has 1 nitrogen and oxygen atoms in total. The van der Waals surface area contributed by atoms with Crippen molar-refractivity contribution in [2.24, 2.45) is 0 Å². The second-order valence-corrected chi connectivity index (χ2v) is 3.61. The van der Waals surface area contributed by atoms with Crippen molar-refractivity contribution < 1.29 is 0 Å². The lowest BCUT2D eigenvalue weighted by atomic mass is 10.1. The molecule has 0 saturated carbocycles. The molecule has 2 rings (SSSR count). The van der Waals surface area contributed by atoms with Crippen LogP contribution in [-0.2, 0) is 0 Å². The normalized spacial score (nSPS) is 9.75. The summed E-state index contributed by atoms with van der Waals surface area (Å²) in [4.78, 5) is 0. The Morgan fingerprint density at radius 2 is 1.50 bits per heavy atom. The third-order valence-corrected chi connectivity index (χ3v) is 2.44. The van der Waals surface area contributed by atoms with Crippen LogP contribution in [0, 0.1) is 0 Å². The van der Waals surface area contributed by atoms with Gasteiger partial charge in [-0.05, 0) is 23.3 Å². The van der Waals surface area contributed by atoms with Crippen molar-refractivity contribution in [2.45, 2.75) is 0 Å². The second-order valence-electron chi connectivity index (χ2n) is 3.61. The maximum absolute atomic E-state index is 3.68. The molecule has 0 radical (unpaired) electrons. The molecule has 0 aliphatic heterocycles. The first-order valence-electron chi connectivity index (χ1n) is 5.40. The van der Waals surface area contributed by atoms with Crippen molar-refractivity contribution in [3.63, 3.8) is 0 Å². The lowest BCUT2D eigenvalue weighted by Crippen LogP contribution is -1.96. The summed E-state index contributed by atoms with van der Waals surface area (Å²) >= 11 is 0. The molecule has 2 aromatic carbocycles. The Morgan fingerprint density at radius 1 is 0.875 bits per heavy atom. The molecule has 0 amide bonds. The minimum atomic E-state index is 0.796. The fourth-order valence-corrected chi connectivity index (χ4v) is 1.60. The largest absolute Gasteiger partial charge is 0.382 e. The summed E-state index contributed by atoms with van der Waals surface area (Å²) in [6, 6.07) is 18.8. The van der Waals surface area contributed by atoms with Crippen LogP contribution in [0.1, 0.15) is 0 Å². The Bertz CT molecular complexity index is 443. The number of nitrogens with one attached hydrogen (secondary N) is 1. The third kappa shape index (κ3) is 2.51. The topological polar surface area (TPSA) is 12.0 Å². The number of anilines is 1. The zero-order valence-electron chi connectivity index (χ0n) is 9.19. The van der Waals surface area contributed by atoms with E-state index >= 15 is 0 Å². The van der Waals surface area contributed by atoms with Gasteiger partial charge in [-0.1, -0.05) is 48.5 Å². The molecule has 0 fully saturated rings. The first-order chi connectivity index (χ1) is 7.90. The van der Waals surface area contributed by atoms with Crippen LogP contribution in [0.5, 0.6) is 0 Å². The number of hydrogen-bond donors (Lipinski definition) is 1. The van der Waals surface area contributed by atoms with Crippen molar-refractivity contribution in [3.05, 3.63) is 67.3 Å². The summed E-state index contributed by atoms with van der Waals surface area (Å²) in [6.45, 7) is 4.47. The Balaban J connectivity index is 2.16. The van der Waals surface area contributed by atoms with Crippen LogP contribution in [0.15, 0.2) is 67.3 Å². The predicted molar refractivity (Wildman–Crippen MR) is 70.6 cm³/mol. The highest BCUT2D eigenvalue weighted by molar-refractivity contribution is 5.65. The van der Waals surface area contributed by atoms with E-state index in [-0.39, 0.29) is 0 Å². The molecule has 0 aromatic heterocycles. The van der Waals surface area contributed by atoms with Gasteiger partial charge in [-0.2, -0.15) is 0 Å². The molecular weight excluding hydrogens is 194 g/mol. The van der Waals surface area contributed by atoms with Crippen LogP contribution in [-0.4, -0.2) is 6.54 Å². The van der Waals surface area contributed by atoms with E-state index in [0.29, 0.717) is 0 Å². The molecule has 80 valence electrons. The molecule has 0 aliphatic rings. The van der Waals surface area contributed by atoms with E-state index in [2.05, 4.69) is 60.4 Å². The fourth-order valence-electron chi connectivity index (χ4n) is 1.60. The van der Waals surface area contributed by atoms with Gasteiger partial charge in [0, 0.05) is 12.2 Å². The highest BCUT2D eigenvalue weighted by Crippen LogP contribution is 2.20. The van der Waals surface area contributed by atoms with E-state index in [1.54, 1.807) is 0 Å². The average Bonchev–Trinajstić information content (AvgIpc) is 2.38. The van der Waals surface area contributed by atoms with Crippen molar-refractivity contribution in [2.75, 3.05) is 11.9 Å². The molecule has 1 heteroatoms. The van der Waals surface area contributed by atoms with Crippen LogP contribution in [0.3, 0.4) is 0 Å². The third-order valence-electron chi connectivity index (χ3n) is 2.44. The summed E-state index contributed by atoms with van der Waals surface area (Å²) in [5.41, 5.74) is 3.61. The zero-order chi connectivity index (χ0) is 11.2. The highest BCUT2D eigenvalue weighted by atomic mass is 14.8. The van der Waals surface area contributed by atoms with Gasteiger partial charge in [0.25, 0.3) is 0 Å². The maximum atomic E-state index is 3.68. The Hall–Kier alpha value is -2.02. The van der Waals surface area contributed by atoms with Crippen LogP contribution >= 0.6 is 0 Å². The molecule has 0 atom stereocenters. The van der Waals surface area contributed by atoms with E-state index < -0.39 is 0 Å². The summed E-state index contributed by atoms with van der Waals surface area (Å²) in [7, 11) is 0. The number of rotatable bonds is 4. The van der Waals surface area contributed by atoms with Crippen molar-refractivity contribution in [1.29, 1.82) is 0 Å². The average molecular weight is 209 g/mol. The molecule has 0 heterocycles. The Morgan fingerprint density at radius 3 is 2.12 bits per heavy atom.